The molecule has 31 heavy (non-hydrogen) atoms. The first kappa shape index (κ1) is 22.0. The van der Waals surface area contributed by atoms with Crippen LogP contribution < -0.4 is 15.8 Å². The highest BCUT2D eigenvalue weighted by atomic mass is 16.5. The number of anilines is 2. The number of nitrogen functional groups attached to an aromatic ring is 1. The lowest BCUT2D eigenvalue weighted by Crippen LogP contribution is -2.28. The van der Waals surface area contributed by atoms with Crippen molar-refractivity contribution in [3.05, 3.63) is 59.9 Å². The number of fused-ring (bicyclic) bond motifs is 1. The van der Waals surface area contributed by atoms with Gasteiger partial charge in [0.25, 0.3) is 5.91 Å². The van der Waals surface area contributed by atoms with Crippen molar-refractivity contribution in [3.8, 4) is 5.75 Å². The number of furan rings is 1. The highest BCUT2D eigenvalue weighted by Crippen LogP contribution is 2.31. The lowest BCUT2D eigenvalue weighted by atomic mass is 10.0. The molecule has 0 saturated carbocycles. The molecule has 7 heteroatoms. The second kappa shape index (κ2) is 9.38. The summed E-state index contributed by atoms with van der Waals surface area (Å²) in [7, 11) is 1.56. The van der Waals surface area contributed by atoms with Gasteiger partial charge in [-0.3, -0.25) is 9.59 Å². The third-order valence-corrected chi connectivity index (χ3v) is 5.13. The van der Waals surface area contributed by atoms with Gasteiger partial charge in [0.2, 0.25) is 11.7 Å². The quantitative estimate of drug-likeness (QED) is 0.546. The Kier molecular flexibility index (Phi) is 6.65. The SMILES string of the molecule is CCN(CC)C(=O)C=C(C)c1ccc2oc(C(=O)Nc3cccc(OC)c3)c(N)c2c1. The number of nitrogens with one attached hydrogen (secondary N) is 1. The van der Waals surface area contributed by atoms with E-state index in [1.165, 1.54) is 0 Å². The van der Waals surface area contributed by atoms with Crippen LogP contribution in [0.2, 0.25) is 0 Å². The zero-order valence-corrected chi connectivity index (χ0v) is 18.2. The average molecular weight is 421 g/mol. The van der Waals surface area contributed by atoms with Gasteiger partial charge in [-0.05, 0) is 56.2 Å². The number of benzene rings is 2. The first-order valence-electron chi connectivity index (χ1n) is 10.1. The Hall–Kier alpha value is -3.74. The fourth-order valence-corrected chi connectivity index (χ4v) is 3.31. The van der Waals surface area contributed by atoms with Crippen molar-refractivity contribution in [1.82, 2.24) is 4.90 Å². The minimum absolute atomic E-state index is 0.0378. The molecule has 0 radical (unpaired) electrons. The Morgan fingerprint density at radius 3 is 2.58 bits per heavy atom. The van der Waals surface area contributed by atoms with Gasteiger partial charge in [-0.2, -0.15) is 0 Å². The van der Waals surface area contributed by atoms with Crippen molar-refractivity contribution in [2.75, 3.05) is 31.2 Å². The normalized spacial score (nSPS) is 11.4. The molecule has 0 spiro atoms. The van der Waals surface area contributed by atoms with E-state index in [-0.39, 0.29) is 17.4 Å². The van der Waals surface area contributed by atoms with Crippen LogP contribution in [0.4, 0.5) is 11.4 Å². The fraction of sp³-hybridized carbons (Fsp3) is 0.250. The number of ether oxygens (including phenoxy) is 1. The third-order valence-electron chi connectivity index (χ3n) is 5.13. The Morgan fingerprint density at radius 1 is 1.16 bits per heavy atom. The summed E-state index contributed by atoms with van der Waals surface area (Å²) in [5.41, 5.74) is 9.20. The molecular formula is C24H27N3O4. The summed E-state index contributed by atoms with van der Waals surface area (Å²) >= 11 is 0. The van der Waals surface area contributed by atoms with Crippen LogP contribution in [-0.2, 0) is 4.79 Å². The molecule has 0 fully saturated rings. The Morgan fingerprint density at radius 2 is 1.90 bits per heavy atom. The van der Waals surface area contributed by atoms with Crippen LogP contribution >= 0.6 is 0 Å². The van der Waals surface area contributed by atoms with Gasteiger partial charge in [-0.25, -0.2) is 0 Å². The van der Waals surface area contributed by atoms with Crippen molar-refractivity contribution in [3.63, 3.8) is 0 Å². The fourth-order valence-electron chi connectivity index (χ4n) is 3.31. The van der Waals surface area contributed by atoms with Crippen molar-refractivity contribution >= 4 is 39.7 Å². The molecule has 2 amide bonds. The number of nitrogens with two attached hydrogens (primary N) is 1. The van der Waals surface area contributed by atoms with E-state index in [2.05, 4.69) is 5.32 Å². The van der Waals surface area contributed by atoms with Crippen LogP contribution in [0.15, 0.2) is 53.0 Å². The van der Waals surface area contributed by atoms with Gasteiger partial charge in [-0.1, -0.05) is 12.1 Å². The molecule has 1 heterocycles. The number of amides is 2. The predicted molar refractivity (Wildman–Crippen MR) is 123 cm³/mol. The van der Waals surface area contributed by atoms with Gasteiger partial charge >= 0.3 is 0 Å². The summed E-state index contributed by atoms with van der Waals surface area (Å²) in [4.78, 5) is 26.8. The number of nitrogens with zero attached hydrogens (tertiary/aromatic N) is 1. The van der Waals surface area contributed by atoms with Gasteiger partial charge in [0.15, 0.2) is 0 Å². The highest BCUT2D eigenvalue weighted by molar-refractivity contribution is 6.11. The predicted octanol–water partition coefficient (Wildman–Crippen LogP) is 4.55. The van der Waals surface area contributed by atoms with Crippen LogP contribution in [0.3, 0.4) is 0 Å². The second-order valence-corrected chi connectivity index (χ2v) is 7.08. The molecule has 0 aliphatic carbocycles. The molecule has 3 aromatic rings. The maximum Gasteiger partial charge on any atom is 0.293 e. The van der Waals surface area contributed by atoms with E-state index in [1.807, 2.05) is 32.9 Å². The molecule has 162 valence electrons. The summed E-state index contributed by atoms with van der Waals surface area (Å²) in [6.07, 6.45) is 1.61. The number of carbonyl (C=O) groups is 2. The molecule has 0 aliphatic rings. The lowest BCUT2D eigenvalue weighted by Gasteiger charge is -2.16. The van der Waals surface area contributed by atoms with Gasteiger partial charge in [0.05, 0.1) is 12.8 Å². The van der Waals surface area contributed by atoms with E-state index >= 15 is 0 Å². The summed E-state index contributed by atoms with van der Waals surface area (Å²) in [5.74, 6) is 0.172. The van der Waals surface area contributed by atoms with Crippen molar-refractivity contribution in [2.24, 2.45) is 0 Å². The van der Waals surface area contributed by atoms with E-state index in [0.29, 0.717) is 35.5 Å². The summed E-state index contributed by atoms with van der Waals surface area (Å²) in [6, 6.07) is 12.4. The number of rotatable bonds is 7. The number of carbonyl (C=O) groups excluding carboxylic acids is 2. The van der Waals surface area contributed by atoms with E-state index in [1.54, 1.807) is 48.4 Å². The Bertz CT molecular complexity index is 1140. The van der Waals surface area contributed by atoms with Crippen LogP contribution in [0, 0.1) is 0 Å². The Labute approximate surface area is 181 Å². The Balaban J connectivity index is 1.88. The average Bonchev–Trinajstić information content (AvgIpc) is 3.10. The molecule has 0 atom stereocenters. The smallest absolute Gasteiger partial charge is 0.293 e. The topological polar surface area (TPSA) is 97.8 Å². The van der Waals surface area contributed by atoms with Crippen LogP contribution in [-0.4, -0.2) is 36.9 Å². The van der Waals surface area contributed by atoms with Gasteiger partial charge < -0.3 is 25.1 Å². The molecule has 0 saturated heterocycles. The first-order chi connectivity index (χ1) is 14.9. The van der Waals surface area contributed by atoms with Crippen molar-refractivity contribution < 1.29 is 18.7 Å². The standard InChI is InChI=1S/C24H27N3O4/c1-5-27(6-2)21(28)12-15(3)16-10-11-20-19(13-16)22(25)23(31-20)24(29)26-17-8-7-9-18(14-17)30-4/h7-14H,5-6,25H2,1-4H3,(H,26,29). The maximum atomic E-state index is 12.7. The van der Waals surface area contributed by atoms with Crippen LogP contribution in [0.1, 0.15) is 36.9 Å². The number of likely N-dealkylation sites (N-methyl/N-ethyl adjacent to an activating group) is 1. The lowest BCUT2D eigenvalue weighted by molar-refractivity contribution is -0.125. The summed E-state index contributed by atoms with van der Waals surface area (Å²) < 4.78 is 10.9. The largest absolute Gasteiger partial charge is 0.497 e. The maximum absolute atomic E-state index is 12.7. The molecular weight excluding hydrogens is 394 g/mol. The molecule has 1 aromatic heterocycles. The summed E-state index contributed by atoms with van der Waals surface area (Å²) in [6.45, 7) is 7.06. The van der Waals surface area contributed by atoms with E-state index in [4.69, 9.17) is 14.9 Å². The third kappa shape index (κ3) is 4.71. The van der Waals surface area contributed by atoms with Gasteiger partial charge in [0.1, 0.15) is 11.3 Å². The molecule has 0 unspecified atom stereocenters. The van der Waals surface area contributed by atoms with Crippen LogP contribution in [0.25, 0.3) is 16.5 Å². The number of hydrogen-bond acceptors (Lipinski definition) is 5. The van der Waals surface area contributed by atoms with Gasteiger partial charge in [0, 0.05) is 36.3 Å². The monoisotopic (exact) mass is 421 g/mol. The van der Waals surface area contributed by atoms with Gasteiger partial charge in [-0.15, -0.1) is 0 Å². The van der Waals surface area contributed by atoms with E-state index in [0.717, 1.165) is 11.1 Å². The number of methoxy groups -OCH3 is 1. The number of hydrogen-bond donors (Lipinski definition) is 2. The van der Waals surface area contributed by atoms with E-state index in [9.17, 15) is 9.59 Å². The molecule has 2 aromatic carbocycles. The minimum atomic E-state index is -0.451. The van der Waals surface area contributed by atoms with Crippen molar-refractivity contribution in [1.29, 1.82) is 0 Å². The molecule has 0 aliphatic heterocycles. The molecule has 3 N–H and O–H groups in total. The highest BCUT2D eigenvalue weighted by Gasteiger charge is 2.19. The zero-order chi connectivity index (χ0) is 22.5. The van der Waals surface area contributed by atoms with E-state index < -0.39 is 5.91 Å². The van der Waals surface area contributed by atoms with Crippen LogP contribution in [0.5, 0.6) is 5.75 Å². The zero-order valence-electron chi connectivity index (χ0n) is 18.2. The first-order valence-corrected chi connectivity index (χ1v) is 10.1. The van der Waals surface area contributed by atoms with Crippen molar-refractivity contribution in [2.45, 2.75) is 20.8 Å². The minimum Gasteiger partial charge on any atom is -0.497 e. The summed E-state index contributed by atoms with van der Waals surface area (Å²) in [5, 5.41) is 3.39. The number of allylic oxidation sites excluding steroid dienone is 1. The molecule has 7 nitrogen and oxygen atoms in total. The molecule has 0 bridgehead atoms. The molecule has 3 rings (SSSR count). The second-order valence-electron chi connectivity index (χ2n) is 7.08.